The third-order valence-corrected chi connectivity index (χ3v) is 8.06. The highest BCUT2D eigenvalue weighted by Crippen LogP contribution is 2.28. The SMILES string of the molecule is C[C@@H](NC(=O)c1cc(=O)[nH]c2ccc(S(=O)(=O)N3CCCC[C@@H]3C)cc12)c1ccccc1. The van der Waals surface area contributed by atoms with Gasteiger partial charge in [0.2, 0.25) is 15.6 Å². The highest BCUT2D eigenvalue weighted by Gasteiger charge is 2.31. The molecular weight excluding hydrogens is 426 g/mol. The van der Waals surface area contributed by atoms with E-state index in [0.29, 0.717) is 17.4 Å². The molecule has 2 atom stereocenters. The van der Waals surface area contributed by atoms with E-state index in [1.54, 1.807) is 6.07 Å². The Hall–Kier alpha value is -2.97. The summed E-state index contributed by atoms with van der Waals surface area (Å²) in [6.45, 7) is 4.25. The molecule has 7 nitrogen and oxygen atoms in total. The van der Waals surface area contributed by atoms with Crippen LogP contribution in [0.1, 0.15) is 55.1 Å². The number of carbonyl (C=O) groups is 1. The molecule has 32 heavy (non-hydrogen) atoms. The van der Waals surface area contributed by atoms with Crippen LogP contribution in [0.4, 0.5) is 0 Å². The summed E-state index contributed by atoms with van der Waals surface area (Å²) in [4.78, 5) is 28.1. The zero-order valence-corrected chi connectivity index (χ0v) is 19.0. The number of H-pyrrole nitrogens is 1. The second-order valence-corrected chi connectivity index (χ2v) is 10.2. The first kappa shape index (κ1) is 22.2. The Morgan fingerprint density at radius 1 is 1.12 bits per heavy atom. The molecule has 0 radical (unpaired) electrons. The Bertz CT molecular complexity index is 1300. The zero-order chi connectivity index (χ0) is 22.9. The topological polar surface area (TPSA) is 99.3 Å². The van der Waals surface area contributed by atoms with Crippen molar-refractivity contribution in [2.24, 2.45) is 0 Å². The average molecular weight is 454 g/mol. The summed E-state index contributed by atoms with van der Waals surface area (Å²) in [5.41, 5.74) is 1.07. The molecule has 1 saturated heterocycles. The molecule has 1 amide bonds. The molecule has 2 N–H and O–H groups in total. The number of rotatable bonds is 5. The van der Waals surface area contributed by atoms with Crippen LogP contribution in [-0.4, -0.2) is 36.2 Å². The second kappa shape index (κ2) is 8.88. The van der Waals surface area contributed by atoms with Crippen molar-refractivity contribution in [1.29, 1.82) is 0 Å². The first-order valence-electron chi connectivity index (χ1n) is 10.8. The summed E-state index contributed by atoms with van der Waals surface area (Å²) in [5, 5.41) is 3.31. The lowest BCUT2D eigenvalue weighted by molar-refractivity contribution is 0.0941. The molecule has 0 aliphatic carbocycles. The molecule has 1 fully saturated rings. The Kier molecular flexibility index (Phi) is 6.17. The van der Waals surface area contributed by atoms with Crippen molar-refractivity contribution in [3.63, 3.8) is 0 Å². The number of piperidine rings is 1. The molecule has 0 spiro atoms. The number of sulfonamides is 1. The van der Waals surface area contributed by atoms with Crippen LogP contribution in [0, 0.1) is 0 Å². The predicted molar refractivity (Wildman–Crippen MR) is 124 cm³/mol. The number of hydrogen-bond donors (Lipinski definition) is 2. The number of amides is 1. The smallest absolute Gasteiger partial charge is 0.252 e. The number of nitrogens with zero attached hydrogens (tertiary/aromatic N) is 1. The Balaban J connectivity index is 1.73. The fourth-order valence-corrected chi connectivity index (χ4v) is 5.97. The Morgan fingerprint density at radius 2 is 1.88 bits per heavy atom. The van der Waals surface area contributed by atoms with Gasteiger partial charge < -0.3 is 10.3 Å². The van der Waals surface area contributed by atoms with Gasteiger partial charge in [0.05, 0.1) is 16.5 Å². The number of hydrogen-bond acceptors (Lipinski definition) is 4. The number of aromatic amines is 1. The van der Waals surface area contributed by atoms with Crippen molar-refractivity contribution in [3.05, 3.63) is 76.1 Å². The van der Waals surface area contributed by atoms with Gasteiger partial charge in [0.25, 0.3) is 5.91 Å². The van der Waals surface area contributed by atoms with Crippen LogP contribution in [0.25, 0.3) is 10.9 Å². The van der Waals surface area contributed by atoms with E-state index in [2.05, 4.69) is 10.3 Å². The van der Waals surface area contributed by atoms with E-state index in [1.807, 2.05) is 44.2 Å². The molecular formula is C24H27N3O4S. The minimum absolute atomic E-state index is 0.0745. The highest BCUT2D eigenvalue weighted by molar-refractivity contribution is 7.89. The average Bonchev–Trinajstić information content (AvgIpc) is 2.78. The van der Waals surface area contributed by atoms with Crippen molar-refractivity contribution in [1.82, 2.24) is 14.6 Å². The van der Waals surface area contributed by atoms with Crippen LogP contribution in [0.15, 0.2) is 64.3 Å². The standard InChI is InChI=1S/C24H27N3O4S/c1-16-8-6-7-13-27(16)32(30,31)19-11-12-22-20(14-19)21(15-23(28)26-22)24(29)25-17(2)18-9-4-3-5-10-18/h3-5,9-12,14-17H,6-8,13H2,1-2H3,(H,25,29)(H,26,28)/t16-,17+/m0/s1. The maximum atomic E-state index is 13.3. The number of aromatic nitrogens is 1. The fourth-order valence-electron chi connectivity index (χ4n) is 4.24. The third-order valence-electron chi connectivity index (χ3n) is 6.05. The zero-order valence-electron chi connectivity index (χ0n) is 18.2. The lowest BCUT2D eigenvalue weighted by atomic mass is 10.1. The molecule has 4 rings (SSSR count). The quantitative estimate of drug-likeness (QED) is 0.617. The van der Waals surface area contributed by atoms with Gasteiger partial charge in [-0.3, -0.25) is 9.59 Å². The van der Waals surface area contributed by atoms with Gasteiger partial charge in [-0.1, -0.05) is 36.8 Å². The van der Waals surface area contributed by atoms with Crippen LogP contribution in [0.5, 0.6) is 0 Å². The van der Waals surface area contributed by atoms with E-state index in [1.165, 1.54) is 22.5 Å². The normalized spacial score (nSPS) is 18.4. The van der Waals surface area contributed by atoms with E-state index in [0.717, 1.165) is 24.8 Å². The lowest BCUT2D eigenvalue weighted by Gasteiger charge is -2.32. The van der Waals surface area contributed by atoms with Crippen LogP contribution < -0.4 is 10.9 Å². The van der Waals surface area contributed by atoms with Gasteiger partial charge in [-0.05, 0) is 50.5 Å². The second-order valence-electron chi connectivity index (χ2n) is 8.32. The lowest BCUT2D eigenvalue weighted by Crippen LogP contribution is -2.41. The van der Waals surface area contributed by atoms with Crippen LogP contribution >= 0.6 is 0 Å². The number of nitrogens with one attached hydrogen (secondary N) is 2. The van der Waals surface area contributed by atoms with Gasteiger partial charge in [0, 0.05) is 29.6 Å². The molecule has 0 unspecified atom stereocenters. The molecule has 168 valence electrons. The fraction of sp³-hybridized carbons (Fsp3) is 0.333. The van der Waals surface area contributed by atoms with Crippen LogP contribution in [-0.2, 0) is 10.0 Å². The van der Waals surface area contributed by atoms with Gasteiger partial charge in [-0.15, -0.1) is 0 Å². The summed E-state index contributed by atoms with van der Waals surface area (Å²) in [7, 11) is -3.71. The van der Waals surface area contributed by atoms with E-state index >= 15 is 0 Å². The molecule has 2 heterocycles. The maximum absolute atomic E-state index is 13.3. The Labute approximate surface area is 187 Å². The van der Waals surface area contributed by atoms with Crippen LogP contribution in [0.2, 0.25) is 0 Å². The molecule has 3 aromatic rings. The number of pyridine rings is 1. The predicted octanol–water partition coefficient (Wildman–Crippen LogP) is 3.58. The molecule has 8 heteroatoms. The van der Waals surface area contributed by atoms with E-state index in [-0.39, 0.29) is 22.5 Å². The Morgan fingerprint density at radius 3 is 2.59 bits per heavy atom. The van der Waals surface area contributed by atoms with Gasteiger partial charge in [0.1, 0.15) is 0 Å². The summed E-state index contributed by atoms with van der Waals surface area (Å²) in [6, 6.07) is 14.9. The summed E-state index contributed by atoms with van der Waals surface area (Å²) in [6.07, 6.45) is 2.66. The van der Waals surface area contributed by atoms with E-state index < -0.39 is 21.5 Å². The molecule has 0 saturated carbocycles. The molecule has 0 bridgehead atoms. The van der Waals surface area contributed by atoms with Crippen molar-refractivity contribution in [2.75, 3.05) is 6.54 Å². The van der Waals surface area contributed by atoms with E-state index in [4.69, 9.17) is 0 Å². The first-order chi connectivity index (χ1) is 15.3. The molecule has 2 aromatic carbocycles. The minimum atomic E-state index is -3.71. The highest BCUT2D eigenvalue weighted by atomic mass is 32.2. The van der Waals surface area contributed by atoms with Gasteiger partial charge >= 0.3 is 0 Å². The first-order valence-corrected chi connectivity index (χ1v) is 12.3. The molecule has 1 aliphatic rings. The minimum Gasteiger partial charge on any atom is -0.345 e. The van der Waals surface area contributed by atoms with Crippen LogP contribution in [0.3, 0.4) is 0 Å². The monoisotopic (exact) mass is 453 g/mol. The van der Waals surface area contributed by atoms with Gasteiger partial charge in [0.15, 0.2) is 0 Å². The van der Waals surface area contributed by atoms with E-state index in [9.17, 15) is 18.0 Å². The summed E-state index contributed by atoms with van der Waals surface area (Å²) >= 11 is 0. The van der Waals surface area contributed by atoms with Gasteiger partial charge in [-0.25, -0.2) is 8.42 Å². The van der Waals surface area contributed by atoms with Crippen molar-refractivity contribution < 1.29 is 13.2 Å². The summed E-state index contributed by atoms with van der Waals surface area (Å²) in [5.74, 6) is -0.432. The molecule has 1 aromatic heterocycles. The maximum Gasteiger partial charge on any atom is 0.252 e. The largest absolute Gasteiger partial charge is 0.345 e. The summed E-state index contributed by atoms with van der Waals surface area (Å²) < 4.78 is 28.1. The van der Waals surface area contributed by atoms with Gasteiger partial charge in [-0.2, -0.15) is 4.31 Å². The molecule has 1 aliphatic heterocycles. The van der Waals surface area contributed by atoms with Crippen molar-refractivity contribution in [3.8, 4) is 0 Å². The third kappa shape index (κ3) is 4.33. The number of fused-ring (bicyclic) bond motifs is 1. The van der Waals surface area contributed by atoms with Crippen molar-refractivity contribution >= 4 is 26.8 Å². The van der Waals surface area contributed by atoms with Crippen molar-refractivity contribution in [2.45, 2.75) is 50.1 Å². The number of carbonyl (C=O) groups excluding carboxylic acids is 1. The number of benzene rings is 2.